The fraction of sp³-hybridized carbons (Fsp3) is 0.0417. The monoisotopic (exact) mass is 464 g/mol. The Hall–Kier alpha value is -3.55. The highest BCUT2D eigenvalue weighted by Gasteiger charge is 2.48. The van der Waals surface area contributed by atoms with E-state index in [-0.39, 0.29) is 16.5 Å². The predicted molar refractivity (Wildman–Crippen MR) is 122 cm³/mol. The molecule has 32 heavy (non-hydrogen) atoms. The molecule has 1 atom stereocenters. The van der Waals surface area contributed by atoms with E-state index in [4.69, 9.17) is 11.6 Å². The third-order valence-electron chi connectivity index (χ3n) is 5.22. The lowest BCUT2D eigenvalue weighted by Gasteiger charge is -2.23. The molecule has 5 rings (SSSR count). The summed E-state index contributed by atoms with van der Waals surface area (Å²) in [5.74, 6) is -2.60. The zero-order valence-corrected chi connectivity index (χ0v) is 17.9. The number of aromatic nitrogens is 1. The summed E-state index contributed by atoms with van der Waals surface area (Å²) < 4.78 is 14.9. The Morgan fingerprint density at radius 2 is 1.78 bits per heavy atom. The normalized spacial score (nSPS) is 17.9. The third kappa shape index (κ3) is 3.36. The van der Waals surface area contributed by atoms with Gasteiger partial charge >= 0.3 is 5.91 Å². The van der Waals surface area contributed by atoms with Crippen LogP contribution in [0.25, 0.3) is 16.0 Å². The maximum absolute atomic E-state index is 14.1. The number of ketones is 1. The lowest BCUT2D eigenvalue weighted by molar-refractivity contribution is -0.132. The molecular formula is C24H14ClFN2O3S. The van der Waals surface area contributed by atoms with Crippen LogP contribution in [0, 0.1) is 5.82 Å². The summed E-state index contributed by atoms with van der Waals surface area (Å²) in [6.45, 7) is 0. The van der Waals surface area contributed by atoms with E-state index in [0.29, 0.717) is 21.7 Å². The van der Waals surface area contributed by atoms with Crippen molar-refractivity contribution in [1.82, 2.24) is 4.98 Å². The smallest absolute Gasteiger partial charge is 0.301 e. The molecule has 1 N–H and O–H groups in total. The van der Waals surface area contributed by atoms with Crippen molar-refractivity contribution >= 4 is 55.7 Å². The van der Waals surface area contributed by atoms with Gasteiger partial charge in [-0.1, -0.05) is 47.2 Å². The van der Waals surface area contributed by atoms with E-state index >= 15 is 0 Å². The van der Waals surface area contributed by atoms with Gasteiger partial charge in [-0.15, -0.1) is 0 Å². The van der Waals surface area contributed by atoms with Gasteiger partial charge in [-0.3, -0.25) is 14.5 Å². The number of rotatable bonds is 3. The minimum Gasteiger partial charge on any atom is -0.507 e. The molecule has 0 spiro atoms. The maximum Gasteiger partial charge on any atom is 0.301 e. The molecule has 1 saturated heterocycles. The number of carbonyl (C=O) groups excluding carboxylic acids is 2. The number of Topliss-reactive ketones (excluding diaryl/α,β-unsaturated/α-hetero) is 1. The third-order valence-corrected chi connectivity index (χ3v) is 6.50. The molecular weight excluding hydrogens is 451 g/mol. The highest BCUT2D eigenvalue weighted by atomic mass is 35.5. The van der Waals surface area contributed by atoms with E-state index < -0.39 is 23.5 Å². The Morgan fingerprint density at radius 3 is 2.50 bits per heavy atom. The second-order valence-electron chi connectivity index (χ2n) is 7.20. The minimum atomic E-state index is -1.04. The van der Waals surface area contributed by atoms with E-state index in [1.54, 1.807) is 36.4 Å². The van der Waals surface area contributed by atoms with Gasteiger partial charge < -0.3 is 5.11 Å². The zero-order valence-electron chi connectivity index (χ0n) is 16.3. The van der Waals surface area contributed by atoms with Gasteiger partial charge in [0.2, 0.25) is 0 Å². The first-order valence-electron chi connectivity index (χ1n) is 9.62. The van der Waals surface area contributed by atoms with Crippen LogP contribution in [0.15, 0.2) is 78.4 Å². The lowest BCUT2D eigenvalue weighted by atomic mass is 9.95. The number of fused-ring (bicyclic) bond motifs is 1. The number of benzene rings is 3. The number of aliphatic hydroxyl groups is 1. The molecule has 8 heteroatoms. The van der Waals surface area contributed by atoms with E-state index in [2.05, 4.69) is 4.98 Å². The first-order valence-corrected chi connectivity index (χ1v) is 10.8. The molecule has 1 unspecified atom stereocenters. The molecule has 3 aromatic carbocycles. The average Bonchev–Trinajstić information content (AvgIpc) is 3.32. The number of anilines is 1. The van der Waals surface area contributed by atoms with Crippen LogP contribution in [0.2, 0.25) is 5.02 Å². The van der Waals surface area contributed by atoms with Crippen LogP contribution in [0.5, 0.6) is 0 Å². The second-order valence-corrected chi connectivity index (χ2v) is 8.64. The Morgan fingerprint density at radius 1 is 1.03 bits per heavy atom. The van der Waals surface area contributed by atoms with E-state index in [9.17, 15) is 19.1 Å². The molecule has 0 aliphatic carbocycles. The van der Waals surface area contributed by atoms with Gasteiger partial charge in [-0.05, 0) is 54.1 Å². The highest BCUT2D eigenvalue weighted by molar-refractivity contribution is 7.22. The number of para-hydroxylation sites is 1. The first-order chi connectivity index (χ1) is 15.4. The molecule has 5 nitrogen and oxygen atoms in total. The number of halogens is 2. The van der Waals surface area contributed by atoms with Crippen LogP contribution >= 0.6 is 22.9 Å². The SMILES string of the molecule is O=C1C(=O)N(c2nc3ccccc3s2)C(c2cccc(F)c2)C1=C(O)c1ccc(Cl)cc1. The van der Waals surface area contributed by atoms with Gasteiger partial charge in [0.15, 0.2) is 5.13 Å². The van der Waals surface area contributed by atoms with Crippen LogP contribution in [-0.2, 0) is 9.59 Å². The van der Waals surface area contributed by atoms with Gasteiger partial charge in [0.05, 0.1) is 21.8 Å². The Labute approximate surface area is 191 Å². The van der Waals surface area contributed by atoms with E-state index in [1.165, 1.54) is 34.4 Å². The van der Waals surface area contributed by atoms with Crippen molar-refractivity contribution in [3.63, 3.8) is 0 Å². The summed E-state index contributed by atoms with van der Waals surface area (Å²) >= 11 is 7.18. The van der Waals surface area contributed by atoms with Crippen LogP contribution < -0.4 is 4.90 Å². The second kappa shape index (κ2) is 7.85. The Balaban J connectivity index is 1.74. The van der Waals surface area contributed by atoms with E-state index in [1.807, 2.05) is 18.2 Å². The molecule has 0 saturated carbocycles. The molecule has 1 aromatic heterocycles. The fourth-order valence-electron chi connectivity index (χ4n) is 3.75. The molecule has 1 aliphatic heterocycles. The van der Waals surface area contributed by atoms with Crippen molar-refractivity contribution in [3.05, 3.63) is 100 Å². The predicted octanol–water partition coefficient (Wildman–Crippen LogP) is 5.72. The van der Waals surface area contributed by atoms with Crippen molar-refractivity contribution in [2.24, 2.45) is 0 Å². The number of nitrogens with zero attached hydrogens (tertiary/aromatic N) is 2. The lowest BCUT2D eigenvalue weighted by Crippen LogP contribution is -2.29. The molecule has 2 heterocycles. The van der Waals surface area contributed by atoms with E-state index in [0.717, 1.165) is 4.70 Å². The van der Waals surface area contributed by atoms with Crippen molar-refractivity contribution in [1.29, 1.82) is 0 Å². The Bertz CT molecular complexity index is 1380. The molecule has 4 aromatic rings. The summed E-state index contributed by atoms with van der Waals surface area (Å²) in [4.78, 5) is 32.0. The number of amides is 1. The molecule has 0 radical (unpaired) electrons. The first kappa shape index (κ1) is 20.4. The van der Waals surface area contributed by atoms with Crippen molar-refractivity contribution in [2.75, 3.05) is 4.90 Å². The number of thiazole rings is 1. The number of carbonyl (C=O) groups is 2. The number of hydrogen-bond donors (Lipinski definition) is 1. The van der Waals surface area contributed by atoms with Gasteiger partial charge in [-0.25, -0.2) is 9.37 Å². The minimum absolute atomic E-state index is 0.137. The Kier molecular flexibility index (Phi) is 5.00. The van der Waals surface area contributed by atoms with Gasteiger partial charge in [0.1, 0.15) is 11.6 Å². The van der Waals surface area contributed by atoms with Crippen LogP contribution in [0.3, 0.4) is 0 Å². The fourth-order valence-corrected chi connectivity index (χ4v) is 4.87. The summed E-state index contributed by atoms with van der Waals surface area (Å²) in [5.41, 5.74) is 1.20. The van der Waals surface area contributed by atoms with Crippen molar-refractivity contribution < 1.29 is 19.1 Å². The van der Waals surface area contributed by atoms with Gasteiger partial charge in [0.25, 0.3) is 5.78 Å². The number of hydrogen-bond acceptors (Lipinski definition) is 5. The summed E-state index contributed by atoms with van der Waals surface area (Å²) in [7, 11) is 0. The zero-order chi connectivity index (χ0) is 22.4. The average molecular weight is 465 g/mol. The molecule has 0 bridgehead atoms. The van der Waals surface area contributed by atoms with Crippen molar-refractivity contribution in [2.45, 2.75) is 6.04 Å². The topological polar surface area (TPSA) is 70.5 Å². The largest absolute Gasteiger partial charge is 0.507 e. The number of aliphatic hydroxyl groups excluding tert-OH is 1. The highest BCUT2D eigenvalue weighted by Crippen LogP contribution is 2.44. The molecule has 1 fully saturated rings. The summed E-state index contributed by atoms with van der Waals surface area (Å²) in [6, 6.07) is 18.1. The van der Waals surface area contributed by atoms with Crippen LogP contribution in [0.4, 0.5) is 9.52 Å². The van der Waals surface area contributed by atoms with Crippen molar-refractivity contribution in [3.8, 4) is 0 Å². The summed E-state index contributed by atoms with van der Waals surface area (Å²) in [5, 5.41) is 11.8. The van der Waals surface area contributed by atoms with Gasteiger partial charge in [-0.2, -0.15) is 0 Å². The quantitative estimate of drug-likeness (QED) is 0.239. The van der Waals surface area contributed by atoms with Crippen LogP contribution in [-0.4, -0.2) is 21.8 Å². The van der Waals surface area contributed by atoms with Crippen LogP contribution in [0.1, 0.15) is 17.2 Å². The maximum atomic E-state index is 14.1. The molecule has 1 aliphatic rings. The standard InChI is InChI=1S/C24H14ClFN2O3S/c25-15-10-8-13(9-11-15)21(29)19-20(14-4-3-5-16(26)12-14)28(23(31)22(19)30)24-27-17-6-1-2-7-18(17)32-24/h1-12,20,29H. The molecule has 1 amide bonds. The van der Waals surface area contributed by atoms with Gasteiger partial charge in [0, 0.05) is 10.6 Å². The summed E-state index contributed by atoms with van der Waals surface area (Å²) in [6.07, 6.45) is 0. The molecule has 158 valence electrons.